The van der Waals surface area contributed by atoms with Crippen LogP contribution >= 0.6 is 0 Å². The van der Waals surface area contributed by atoms with E-state index in [-0.39, 0.29) is 5.91 Å². The van der Waals surface area contributed by atoms with Crippen molar-refractivity contribution < 1.29 is 9.53 Å². The van der Waals surface area contributed by atoms with E-state index in [0.717, 1.165) is 47.0 Å². The molecule has 0 saturated carbocycles. The Balaban J connectivity index is 1.85. The zero-order valence-corrected chi connectivity index (χ0v) is 14.7. The molecule has 3 rings (SSSR count). The molecule has 0 radical (unpaired) electrons. The SMILES string of the molecule is CCCCc1ccc(C(=O)Nc2cccc3ccccc23)cc1OC. The van der Waals surface area contributed by atoms with Crippen LogP contribution in [0.15, 0.2) is 60.7 Å². The molecular weight excluding hydrogens is 310 g/mol. The van der Waals surface area contributed by atoms with Crippen molar-refractivity contribution in [2.75, 3.05) is 12.4 Å². The number of nitrogens with one attached hydrogen (secondary N) is 1. The zero-order chi connectivity index (χ0) is 17.6. The summed E-state index contributed by atoms with van der Waals surface area (Å²) in [5.74, 6) is 0.649. The summed E-state index contributed by atoms with van der Waals surface area (Å²) in [6.07, 6.45) is 3.20. The maximum atomic E-state index is 12.7. The molecule has 1 amide bonds. The molecule has 3 heteroatoms. The number of carbonyl (C=O) groups is 1. The first kappa shape index (κ1) is 17.0. The number of benzene rings is 3. The molecule has 0 unspecified atom stereocenters. The van der Waals surface area contributed by atoms with E-state index in [9.17, 15) is 4.79 Å². The van der Waals surface area contributed by atoms with E-state index in [2.05, 4.69) is 12.2 Å². The van der Waals surface area contributed by atoms with Gasteiger partial charge in [0.25, 0.3) is 5.91 Å². The lowest BCUT2D eigenvalue weighted by Gasteiger charge is -2.12. The van der Waals surface area contributed by atoms with Crippen LogP contribution in [0.3, 0.4) is 0 Å². The average Bonchev–Trinajstić information content (AvgIpc) is 2.66. The first-order valence-corrected chi connectivity index (χ1v) is 8.69. The van der Waals surface area contributed by atoms with E-state index in [4.69, 9.17) is 4.74 Å². The van der Waals surface area contributed by atoms with Crippen molar-refractivity contribution in [3.63, 3.8) is 0 Å². The third-order valence-corrected chi connectivity index (χ3v) is 4.39. The third-order valence-electron chi connectivity index (χ3n) is 4.39. The number of fused-ring (bicyclic) bond motifs is 1. The van der Waals surface area contributed by atoms with Gasteiger partial charge in [-0.3, -0.25) is 4.79 Å². The molecule has 0 fully saturated rings. The lowest BCUT2D eigenvalue weighted by molar-refractivity contribution is 0.102. The maximum absolute atomic E-state index is 12.7. The minimum Gasteiger partial charge on any atom is -0.496 e. The van der Waals surface area contributed by atoms with Crippen LogP contribution in [-0.2, 0) is 6.42 Å². The zero-order valence-electron chi connectivity index (χ0n) is 14.7. The quantitative estimate of drug-likeness (QED) is 0.652. The predicted octanol–water partition coefficient (Wildman–Crippen LogP) is 5.44. The molecule has 3 aromatic carbocycles. The van der Waals surface area contributed by atoms with Gasteiger partial charge >= 0.3 is 0 Å². The number of amides is 1. The number of methoxy groups -OCH3 is 1. The summed E-state index contributed by atoms with van der Waals surface area (Å²) < 4.78 is 5.47. The molecular formula is C22H23NO2. The van der Waals surface area contributed by atoms with Crippen LogP contribution in [0.1, 0.15) is 35.7 Å². The standard InChI is InChI=1S/C22H23NO2/c1-3-4-8-17-13-14-18(15-21(17)25-2)22(24)23-20-12-7-10-16-9-5-6-11-19(16)20/h5-7,9-15H,3-4,8H2,1-2H3,(H,23,24). The van der Waals surface area contributed by atoms with Crippen LogP contribution in [0, 0.1) is 0 Å². The number of hydrogen-bond donors (Lipinski definition) is 1. The second-order valence-corrected chi connectivity index (χ2v) is 6.11. The lowest BCUT2D eigenvalue weighted by atomic mass is 10.0. The summed E-state index contributed by atoms with van der Waals surface area (Å²) in [5, 5.41) is 5.16. The Kier molecular flexibility index (Phi) is 5.34. The van der Waals surface area contributed by atoms with Crippen molar-refractivity contribution in [1.82, 2.24) is 0 Å². The van der Waals surface area contributed by atoms with Crippen molar-refractivity contribution in [2.45, 2.75) is 26.2 Å². The molecule has 0 heterocycles. The molecule has 3 nitrogen and oxygen atoms in total. The molecule has 1 N–H and O–H groups in total. The molecule has 0 aliphatic heterocycles. The molecule has 0 bridgehead atoms. The molecule has 0 atom stereocenters. The molecule has 0 saturated heterocycles. The van der Waals surface area contributed by atoms with Crippen LogP contribution in [0.5, 0.6) is 5.75 Å². The fourth-order valence-corrected chi connectivity index (χ4v) is 2.99. The normalized spacial score (nSPS) is 10.6. The van der Waals surface area contributed by atoms with Gasteiger partial charge in [-0.15, -0.1) is 0 Å². The van der Waals surface area contributed by atoms with Crippen LogP contribution in [0.2, 0.25) is 0 Å². The number of rotatable bonds is 6. The Hall–Kier alpha value is -2.81. The monoisotopic (exact) mass is 333 g/mol. The molecule has 128 valence electrons. The minimum atomic E-state index is -0.128. The lowest BCUT2D eigenvalue weighted by Crippen LogP contribution is -2.12. The van der Waals surface area contributed by atoms with Crippen molar-refractivity contribution in [2.24, 2.45) is 0 Å². The van der Waals surface area contributed by atoms with Gasteiger partial charge in [0.15, 0.2) is 0 Å². The summed E-state index contributed by atoms with van der Waals surface area (Å²) in [5.41, 5.74) is 2.56. The van der Waals surface area contributed by atoms with Gasteiger partial charge in [-0.25, -0.2) is 0 Å². The van der Waals surface area contributed by atoms with Gasteiger partial charge in [0.1, 0.15) is 5.75 Å². The molecule has 0 aliphatic rings. The van der Waals surface area contributed by atoms with Gasteiger partial charge in [0, 0.05) is 16.6 Å². The Labute approximate surface area is 148 Å². The van der Waals surface area contributed by atoms with Crippen molar-refractivity contribution >= 4 is 22.4 Å². The number of ether oxygens (including phenoxy) is 1. The van der Waals surface area contributed by atoms with Gasteiger partial charge in [0.05, 0.1) is 7.11 Å². The van der Waals surface area contributed by atoms with Gasteiger partial charge in [0.2, 0.25) is 0 Å². The number of aryl methyl sites for hydroxylation is 1. The largest absolute Gasteiger partial charge is 0.496 e. The van der Waals surface area contributed by atoms with Crippen molar-refractivity contribution in [1.29, 1.82) is 0 Å². The molecule has 3 aromatic rings. The fourth-order valence-electron chi connectivity index (χ4n) is 2.99. The number of hydrogen-bond acceptors (Lipinski definition) is 2. The summed E-state index contributed by atoms with van der Waals surface area (Å²) in [4.78, 5) is 12.7. The minimum absolute atomic E-state index is 0.128. The van der Waals surface area contributed by atoms with E-state index in [0.29, 0.717) is 5.56 Å². The van der Waals surface area contributed by atoms with Gasteiger partial charge in [-0.2, -0.15) is 0 Å². The Morgan fingerprint density at radius 1 is 1.04 bits per heavy atom. The first-order valence-electron chi connectivity index (χ1n) is 8.69. The fraction of sp³-hybridized carbons (Fsp3) is 0.227. The van der Waals surface area contributed by atoms with Gasteiger partial charge < -0.3 is 10.1 Å². The van der Waals surface area contributed by atoms with E-state index >= 15 is 0 Å². The predicted molar refractivity (Wildman–Crippen MR) is 104 cm³/mol. The highest BCUT2D eigenvalue weighted by Crippen LogP contribution is 2.25. The topological polar surface area (TPSA) is 38.3 Å². The van der Waals surface area contributed by atoms with Crippen LogP contribution in [0.25, 0.3) is 10.8 Å². The first-order chi connectivity index (χ1) is 12.2. The average molecular weight is 333 g/mol. The highest BCUT2D eigenvalue weighted by Gasteiger charge is 2.11. The van der Waals surface area contributed by atoms with Gasteiger partial charge in [-0.05, 0) is 42.0 Å². The van der Waals surface area contributed by atoms with E-state index in [1.807, 2.05) is 60.7 Å². The van der Waals surface area contributed by atoms with Crippen LogP contribution in [-0.4, -0.2) is 13.0 Å². The van der Waals surface area contributed by atoms with E-state index in [1.54, 1.807) is 7.11 Å². The summed E-state index contributed by atoms with van der Waals surface area (Å²) in [6, 6.07) is 19.6. The van der Waals surface area contributed by atoms with E-state index in [1.165, 1.54) is 0 Å². The third kappa shape index (κ3) is 3.82. The Morgan fingerprint density at radius 2 is 1.84 bits per heavy atom. The van der Waals surface area contributed by atoms with Crippen molar-refractivity contribution in [3.8, 4) is 5.75 Å². The number of carbonyl (C=O) groups excluding carboxylic acids is 1. The smallest absolute Gasteiger partial charge is 0.255 e. The highest BCUT2D eigenvalue weighted by atomic mass is 16.5. The molecule has 0 aromatic heterocycles. The van der Waals surface area contributed by atoms with Crippen LogP contribution < -0.4 is 10.1 Å². The molecule has 0 aliphatic carbocycles. The molecule has 25 heavy (non-hydrogen) atoms. The molecule has 0 spiro atoms. The summed E-state index contributed by atoms with van der Waals surface area (Å²) in [7, 11) is 1.65. The summed E-state index contributed by atoms with van der Waals surface area (Å²) in [6.45, 7) is 2.17. The summed E-state index contributed by atoms with van der Waals surface area (Å²) >= 11 is 0. The van der Waals surface area contributed by atoms with Crippen LogP contribution in [0.4, 0.5) is 5.69 Å². The number of unbranched alkanes of at least 4 members (excludes halogenated alkanes) is 1. The van der Waals surface area contributed by atoms with Crippen molar-refractivity contribution in [3.05, 3.63) is 71.8 Å². The second kappa shape index (κ2) is 7.84. The Bertz CT molecular complexity index is 881. The Morgan fingerprint density at radius 3 is 2.64 bits per heavy atom. The maximum Gasteiger partial charge on any atom is 0.255 e. The van der Waals surface area contributed by atoms with Gasteiger partial charge in [-0.1, -0.05) is 55.8 Å². The number of anilines is 1. The van der Waals surface area contributed by atoms with E-state index < -0.39 is 0 Å². The second-order valence-electron chi connectivity index (χ2n) is 6.11. The highest BCUT2D eigenvalue weighted by molar-refractivity contribution is 6.09.